The lowest BCUT2D eigenvalue weighted by Gasteiger charge is -2.13. The van der Waals surface area contributed by atoms with Crippen LogP contribution >= 0.6 is 15.9 Å². The Bertz CT molecular complexity index is 519. The highest BCUT2D eigenvalue weighted by molar-refractivity contribution is 9.10. The Kier molecular flexibility index (Phi) is 4.19. The summed E-state index contributed by atoms with van der Waals surface area (Å²) in [7, 11) is 0. The highest BCUT2D eigenvalue weighted by Gasteiger charge is 2.25. The molecular formula is C13H15BrN2O3. The van der Waals surface area contributed by atoms with E-state index in [9.17, 15) is 14.9 Å². The van der Waals surface area contributed by atoms with E-state index in [1.165, 1.54) is 12.1 Å². The van der Waals surface area contributed by atoms with Crippen LogP contribution in [0.5, 0.6) is 0 Å². The van der Waals surface area contributed by atoms with Gasteiger partial charge in [-0.15, -0.1) is 0 Å². The van der Waals surface area contributed by atoms with Crippen LogP contribution < -0.4 is 5.32 Å². The van der Waals surface area contributed by atoms with Crippen molar-refractivity contribution in [2.45, 2.75) is 32.2 Å². The Morgan fingerprint density at radius 3 is 2.79 bits per heavy atom. The lowest BCUT2D eigenvalue weighted by Crippen LogP contribution is -2.33. The molecule has 0 heterocycles. The van der Waals surface area contributed by atoms with Gasteiger partial charge >= 0.3 is 0 Å². The second kappa shape index (κ2) is 5.69. The lowest BCUT2D eigenvalue weighted by molar-refractivity contribution is -0.385. The van der Waals surface area contributed by atoms with Crippen molar-refractivity contribution < 1.29 is 9.72 Å². The summed E-state index contributed by atoms with van der Waals surface area (Å²) in [5, 5.41) is 13.8. The predicted octanol–water partition coefficient (Wildman–Crippen LogP) is 3.28. The zero-order chi connectivity index (χ0) is 14.0. The number of nitro groups is 1. The zero-order valence-electron chi connectivity index (χ0n) is 10.6. The van der Waals surface area contributed by atoms with Gasteiger partial charge in [0, 0.05) is 12.1 Å². The first-order valence-electron chi connectivity index (χ1n) is 6.22. The Hall–Kier alpha value is -1.43. The van der Waals surface area contributed by atoms with Crippen molar-refractivity contribution in [2.75, 3.05) is 0 Å². The molecule has 0 radical (unpaired) electrons. The molecule has 1 fully saturated rings. The van der Waals surface area contributed by atoms with Crippen molar-refractivity contribution in [3.05, 3.63) is 38.3 Å². The minimum absolute atomic E-state index is 0.0903. The predicted molar refractivity (Wildman–Crippen MR) is 75.1 cm³/mol. The smallest absolute Gasteiger partial charge is 0.284 e. The molecule has 0 spiro atoms. The van der Waals surface area contributed by atoms with E-state index in [0.717, 1.165) is 19.3 Å². The van der Waals surface area contributed by atoms with Gasteiger partial charge in [0.05, 0.1) is 10.5 Å². The highest BCUT2D eigenvalue weighted by Crippen LogP contribution is 2.29. The fourth-order valence-corrected chi connectivity index (χ4v) is 3.03. The molecule has 0 aliphatic heterocycles. The summed E-state index contributed by atoms with van der Waals surface area (Å²) >= 11 is 3.14. The van der Waals surface area contributed by atoms with Crippen LogP contribution in [0.15, 0.2) is 22.7 Å². The Balaban J connectivity index is 2.15. The third-order valence-electron chi connectivity index (χ3n) is 3.45. The van der Waals surface area contributed by atoms with E-state index in [1.54, 1.807) is 6.07 Å². The molecule has 1 aromatic rings. The molecule has 0 saturated heterocycles. The van der Waals surface area contributed by atoms with Crippen LogP contribution in [0.1, 0.15) is 36.5 Å². The van der Waals surface area contributed by atoms with E-state index in [1.807, 2.05) is 0 Å². The number of halogens is 1. The first-order chi connectivity index (χ1) is 8.99. The largest absolute Gasteiger partial charge is 0.349 e. The van der Waals surface area contributed by atoms with Crippen molar-refractivity contribution >= 4 is 27.5 Å². The normalized spacial score (nSPS) is 22.2. The van der Waals surface area contributed by atoms with Gasteiger partial charge in [0.25, 0.3) is 11.6 Å². The number of benzene rings is 1. The van der Waals surface area contributed by atoms with Gasteiger partial charge < -0.3 is 5.32 Å². The van der Waals surface area contributed by atoms with Crippen LogP contribution in [-0.4, -0.2) is 16.9 Å². The molecule has 5 nitrogen and oxygen atoms in total. The van der Waals surface area contributed by atoms with Crippen molar-refractivity contribution in [2.24, 2.45) is 5.92 Å². The van der Waals surface area contributed by atoms with E-state index in [4.69, 9.17) is 0 Å². The van der Waals surface area contributed by atoms with Gasteiger partial charge in [-0.2, -0.15) is 0 Å². The van der Waals surface area contributed by atoms with Gasteiger partial charge in [-0.3, -0.25) is 14.9 Å². The first-order valence-corrected chi connectivity index (χ1v) is 7.02. The maximum absolute atomic E-state index is 12.1. The first kappa shape index (κ1) is 14.0. The molecule has 1 N–H and O–H groups in total. The molecule has 2 atom stereocenters. The number of nitro benzene ring substituents is 1. The van der Waals surface area contributed by atoms with Gasteiger partial charge in [-0.1, -0.05) is 13.0 Å². The van der Waals surface area contributed by atoms with Gasteiger partial charge in [-0.25, -0.2) is 0 Å². The van der Waals surface area contributed by atoms with Crippen molar-refractivity contribution in [3.8, 4) is 0 Å². The Morgan fingerprint density at radius 2 is 2.21 bits per heavy atom. The van der Waals surface area contributed by atoms with E-state index in [0.29, 0.717) is 11.5 Å². The van der Waals surface area contributed by atoms with E-state index in [-0.39, 0.29) is 22.1 Å². The number of nitrogens with zero attached hydrogens (tertiary/aromatic N) is 1. The SMILES string of the molecule is CC1CCC(NC(=O)c2cccc([N+](=O)[O-])c2Br)C1. The monoisotopic (exact) mass is 326 g/mol. The molecule has 1 aliphatic carbocycles. The quantitative estimate of drug-likeness (QED) is 0.684. The number of rotatable bonds is 3. The molecule has 0 aromatic heterocycles. The highest BCUT2D eigenvalue weighted by atomic mass is 79.9. The van der Waals surface area contributed by atoms with Crippen LogP contribution in [0, 0.1) is 16.0 Å². The van der Waals surface area contributed by atoms with Crippen LogP contribution in [0.2, 0.25) is 0 Å². The fraction of sp³-hybridized carbons (Fsp3) is 0.462. The van der Waals surface area contributed by atoms with Crippen LogP contribution in [-0.2, 0) is 0 Å². The molecule has 2 rings (SSSR count). The molecule has 1 amide bonds. The van der Waals surface area contributed by atoms with Gasteiger partial charge in [0.1, 0.15) is 4.47 Å². The summed E-state index contributed by atoms with van der Waals surface area (Å²) < 4.78 is 0.239. The summed E-state index contributed by atoms with van der Waals surface area (Å²) in [6, 6.07) is 4.66. The molecule has 102 valence electrons. The van der Waals surface area contributed by atoms with Gasteiger partial charge in [-0.05, 0) is 47.2 Å². The van der Waals surface area contributed by atoms with E-state index < -0.39 is 4.92 Å². The zero-order valence-corrected chi connectivity index (χ0v) is 12.1. The Morgan fingerprint density at radius 1 is 1.47 bits per heavy atom. The summed E-state index contributed by atoms with van der Waals surface area (Å²) in [5.74, 6) is 0.369. The minimum atomic E-state index is -0.501. The molecule has 2 unspecified atom stereocenters. The van der Waals surface area contributed by atoms with Gasteiger partial charge in [0.15, 0.2) is 0 Å². The van der Waals surface area contributed by atoms with Crippen molar-refractivity contribution in [1.82, 2.24) is 5.32 Å². The van der Waals surface area contributed by atoms with E-state index >= 15 is 0 Å². The van der Waals surface area contributed by atoms with Crippen LogP contribution in [0.3, 0.4) is 0 Å². The molecule has 1 aromatic carbocycles. The number of carbonyl (C=O) groups excluding carboxylic acids is 1. The molecule has 1 aliphatic rings. The Labute approximate surface area is 119 Å². The summed E-state index contributed by atoms with van der Waals surface area (Å²) in [6.07, 6.45) is 3.05. The second-order valence-electron chi connectivity index (χ2n) is 4.98. The summed E-state index contributed by atoms with van der Waals surface area (Å²) in [4.78, 5) is 22.5. The molecule has 6 heteroatoms. The maximum Gasteiger partial charge on any atom is 0.284 e. The molecular weight excluding hydrogens is 312 g/mol. The molecule has 19 heavy (non-hydrogen) atoms. The van der Waals surface area contributed by atoms with E-state index in [2.05, 4.69) is 28.2 Å². The number of carbonyl (C=O) groups is 1. The second-order valence-corrected chi connectivity index (χ2v) is 5.78. The number of hydrogen-bond donors (Lipinski definition) is 1. The van der Waals surface area contributed by atoms with Crippen molar-refractivity contribution in [3.63, 3.8) is 0 Å². The summed E-state index contributed by atoms with van der Waals surface area (Å²) in [6.45, 7) is 2.16. The van der Waals surface area contributed by atoms with Crippen LogP contribution in [0.25, 0.3) is 0 Å². The average Bonchev–Trinajstić information content (AvgIpc) is 2.74. The molecule has 0 bridgehead atoms. The van der Waals surface area contributed by atoms with Crippen LogP contribution in [0.4, 0.5) is 5.69 Å². The topological polar surface area (TPSA) is 72.2 Å². The number of nitrogens with one attached hydrogen (secondary N) is 1. The van der Waals surface area contributed by atoms with Crippen molar-refractivity contribution in [1.29, 1.82) is 0 Å². The average molecular weight is 327 g/mol. The van der Waals surface area contributed by atoms with Gasteiger partial charge in [0.2, 0.25) is 0 Å². The fourth-order valence-electron chi connectivity index (χ4n) is 2.44. The third kappa shape index (κ3) is 3.12. The minimum Gasteiger partial charge on any atom is -0.349 e. The number of hydrogen-bond acceptors (Lipinski definition) is 3. The summed E-state index contributed by atoms with van der Waals surface area (Å²) in [5.41, 5.74) is 0.223. The molecule has 1 saturated carbocycles. The maximum atomic E-state index is 12.1. The standard InChI is InChI=1S/C13H15BrN2O3/c1-8-5-6-9(7-8)15-13(17)10-3-2-4-11(12(10)14)16(18)19/h2-4,8-9H,5-7H2,1H3,(H,15,17). The number of amides is 1. The lowest BCUT2D eigenvalue weighted by atomic mass is 10.1. The third-order valence-corrected chi connectivity index (χ3v) is 4.28.